The summed E-state index contributed by atoms with van der Waals surface area (Å²) in [6, 6.07) is 0.0433. The van der Waals surface area contributed by atoms with E-state index in [1.165, 1.54) is 6.20 Å². The first-order chi connectivity index (χ1) is 11.0. The first-order valence-corrected chi connectivity index (χ1v) is 8.29. The van der Waals surface area contributed by atoms with E-state index in [0.29, 0.717) is 13.2 Å². The lowest BCUT2D eigenvalue weighted by atomic mass is 10.1. The number of hydrogen-bond donors (Lipinski definition) is 0. The predicted molar refractivity (Wildman–Crippen MR) is 84.3 cm³/mol. The zero-order valence-corrected chi connectivity index (χ0v) is 14.5. The Labute approximate surface area is 141 Å². The van der Waals surface area contributed by atoms with E-state index in [9.17, 15) is 14.4 Å². The predicted octanol–water partition coefficient (Wildman–Crippen LogP) is 1.38. The Bertz CT molecular complexity index is 729. The third-order valence-electron chi connectivity index (χ3n) is 4.14. The van der Waals surface area contributed by atoms with Crippen LogP contribution >= 0.6 is 15.9 Å². The van der Waals surface area contributed by atoms with Crippen LogP contribution in [-0.4, -0.2) is 46.8 Å². The highest BCUT2D eigenvalue weighted by atomic mass is 79.9. The fourth-order valence-corrected chi connectivity index (χ4v) is 3.60. The monoisotopic (exact) mass is 384 g/mol. The van der Waals surface area contributed by atoms with Crippen molar-refractivity contribution >= 4 is 27.8 Å². The quantitative estimate of drug-likeness (QED) is 0.719. The third kappa shape index (κ3) is 2.59. The summed E-state index contributed by atoms with van der Waals surface area (Å²) in [6.45, 7) is 4.76. The molecule has 1 saturated heterocycles. The van der Waals surface area contributed by atoms with Gasteiger partial charge in [-0.3, -0.25) is 9.59 Å². The Kier molecular flexibility index (Phi) is 4.29. The molecule has 8 heteroatoms. The van der Waals surface area contributed by atoms with Crippen LogP contribution in [0.1, 0.15) is 41.1 Å². The van der Waals surface area contributed by atoms with Crippen molar-refractivity contribution in [3.8, 4) is 0 Å². The molecule has 7 nitrogen and oxygen atoms in total. The summed E-state index contributed by atoms with van der Waals surface area (Å²) in [5.74, 6) is -0.964. The summed E-state index contributed by atoms with van der Waals surface area (Å²) in [6.07, 6.45) is 1.76. The highest BCUT2D eigenvalue weighted by Gasteiger charge is 2.40. The Morgan fingerprint density at radius 2 is 2.22 bits per heavy atom. The molecule has 1 unspecified atom stereocenters. The molecule has 1 fully saturated rings. The molecule has 0 N–H and O–H groups in total. The molecule has 23 heavy (non-hydrogen) atoms. The van der Waals surface area contributed by atoms with Crippen molar-refractivity contribution in [3.63, 3.8) is 0 Å². The zero-order chi connectivity index (χ0) is 16.7. The van der Waals surface area contributed by atoms with Crippen molar-refractivity contribution in [2.75, 3.05) is 13.2 Å². The minimum Gasteiger partial charge on any atom is -0.462 e. The second-order valence-electron chi connectivity index (χ2n) is 5.58. The average Bonchev–Trinajstić information content (AvgIpc) is 2.50. The second kappa shape index (κ2) is 6.09. The molecule has 0 aromatic carbocycles. The lowest BCUT2D eigenvalue weighted by molar-refractivity contribution is -0.112. The lowest BCUT2D eigenvalue weighted by Gasteiger charge is -2.44. The molecule has 124 valence electrons. The summed E-state index contributed by atoms with van der Waals surface area (Å²) in [5, 5.41) is 0. The summed E-state index contributed by atoms with van der Waals surface area (Å²) in [7, 11) is 0. The first-order valence-electron chi connectivity index (χ1n) is 7.50. The van der Waals surface area contributed by atoms with Crippen LogP contribution in [0.3, 0.4) is 0 Å². The molecule has 3 heterocycles. The van der Waals surface area contributed by atoms with Gasteiger partial charge in [0.2, 0.25) is 5.43 Å². The van der Waals surface area contributed by atoms with Gasteiger partial charge in [0.25, 0.3) is 5.91 Å². The molecule has 1 aromatic heterocycles. The van der Waals surface area contributed by atoms with Crippen LogP contribution < -0.4 is 5.43 Å². The van der Waals surface area contributed by atoms with Gasteiger partial charge < -0.3 is 18.9 Å². The number of ether oxygens (including phenoxy) is 2. The van der Waals surface area contributed by atoms with Gasteiger partial charge in [0.1, 0.15) is 11.3 Å². The molecular formula is C15H17BrN2O5. The van der Waals surface area contributed by atoms with Gasteiger partial charge in [-0.25, -0.2) is 4.79 Å². The number of carbonyl (C=O) groups is 2. The fraction of sp³-hybridized carbons (Fsp3) is 0.533. The molecule has 0 bridgehead atoms. The standard InChI is InChI=1S/C15H17BrN2O5/c1-3-22-15(21)9-6-17-7-10-18(8(2)4-5-23-10)14(20)12(17)11(16)13(9)19/h6,8,10H,3-5,7H2,1-2H3/t8-,10?/m1/s1. The molecule has 1 aromatic rings. The first kappa shape index (κ1) is 16.2. The van der Waals surface area contributed by atoms with E-state index < -0.39 is 11.4 Å². The normalized spacial score (nSPS) is 23.3. The van der Waals surface area contributed by atoms with E-state index >= 15 is 0 Å². The van der Waals surface area contributed by atoms with Crippen molar-refractivity contribution < 1.29 is 19.1 Å². The number of hydrogen-bond acceptors (Lipinski definition) is 5. The van der Waals surface area contributed by atoms with Crippen LogP contribution in [0, 0.1) is 0 Å². The maximum atomic E-state index is 12.8. The SMILES string of the molecule is CCOC(=O)c1cn2c(c(Br)c1=O)C(=O)N1C(C2)OCC[C@H]1C. The number of amides is 1. The third-order valence-corrected chi connectivity index (χ3v) is 4.88. The van der Waals surface area contributed by atoms with Crippen LogP contribution in [0.25, 0.3) is 0 Å². The average molecular weight is 385 g/mol. The Hall–Kier alpha value is -1.67. The molecule has 0 aliphatic carbocycles. The summed E-state index contributed by atoms with van der Waals surface area (Å²) < 4.78 is 12.3. The summed E-state index contributed by atoms with van der Waals surface area (Å²) >= 11 is 3.18. The van der Waals surface area contributed by atoms with Crippen LogP contribution in [0.15, 0.2) is 15.5 Å². The highest BCUT2D eigenvalue weighted by molar-refractivity contribution is 9.10. The van der Waals surface area contributed by atoms with Gasteiger partial charge in [-0.05, 0) is 36.2 Å². The fourth-order valence-electron chi connectivity index (χ4n) is 2.99. The van der Waals surface area contributed by atoms with Crippen molar-refractivity contribution in [2.24, 2.45) is 0 Å². The topological polar surface area (TPSA) is 77.8 Å². The Morgan fingerprint density at radius 1 is 1.48 bits per heavy atom. The van der Waals surface area contributed by atoms with Gasteiger partial charge in [-0.1, -0.05) is 0 Å². The molecule has 0 spiro atoms. The van der Waals surface area contributed by atoms with Gasteiger partial charge in [0.05, 0.1) is 24.2 Å². The molecule has 3 rings (SSSR count). The van der Waals surface area contributed by atoms with Crippen molar-refractivity contribution in [1.29, 1.82) is 0 Å². The van der Waals surface area contributed by atoms with E-state index in [4.69, 9.17) is 9.47 Å². The number of fused-ring (bicyclic) bond motifs is 2. The Morgan fingerprint density at radius 3 is 2.91 bits per heavy atom. The van der Waals surface area contributed by atoms with Gasteiger partial charge in [-0.15, -0.1) is 0 Å². The number of rotatable bonds is 2. The minimum atomic E-state index is -0.693. The van der Waals surface area contributed by atoms with E-state index in [1.54, 1.807) is 16.4 Å². The van der Waals surface area contributed by atoms with Gasteiger partial charge >= 0.3 is 5.97 Å². The van der Waals surface area contributed by atoms with E-state index in [0.717, 1.165) is 6.42 Å². The molecule has 0 saturated carbocycles. The smallest absolute Gasteiger partial charge is 0.343 e. The van der Waals surface area contributed by atoms with E-state index in [-0.39, 0.29) is 40.5 Å². The largest absolute Gasteiger partial charge is 0.462 e. The molecule has 1 amide bonds. The number of halogens is 1. The summed E-state index contributed by atoms with van der Waals surface area (Å²) in [4.78, 5) is 38.8. The number of carbonyl (C=O) groups excluding carboxylic acids is 2. The van der Waals surface area contributed by atoms with Gasteiger partial charge in [0.15, 0.2) is 6.23 Å². The maximum Gasteiger partial charge on any atom is 0.343 e. The lowest BCUT2D eigenvalue weighted by Crippen LogP contribution is -2.57. The molecule has 2 aliphatic rings. The number of aromatic nitrogens is 1. The zero-order valence-electron chi connectivity index (χ0n) is 12.9. The minimum absolute atomic E-state index is 0.0433. The van der Waals surface area contributed by atoms with Gasteiger partial charge in [-0.2, -0.15) is 0 Å². The summed E-state index contributed by atoms with van der Waals surface area (Å²) in [5.41, 5.74) is -0.378. The molecule has 0 radical (unpaired) electrons. The van der Waals surface area contributed by atoms with E-state index in [1.807, 2.05) is 6.92 Å². The number of pyridine rings is 1. The number of esters is 1. The van der Waals surface area contributed by atoms with Gasteiger partial charge in [0, 0.05) is 12.2 Å². The van der Waals surface area contributed by atoms with Crippen molar-refractivity contribution in [3.05, 3.63) is 32.2 Å². The highest BCUT2D eigenvalue weighted by Crippen LogP contribution is 2.28. The molecule has 2 aliphatic heterocycles. The van der Waals surface area contributed by atoms with Crippen molar-refractivity contribution in [1.82, 2.24) is 9.47 Å². The van der Waals surface area contributed by atoms with Crippen LogP contribution in [-0.2, 0) is 16.0 Å². The maximum absolute atomic E-state index is 12.8. The Balaban J connectivity index is 2.11. The second-order valence-corrected chi connectivity index (χ2v) is 6.38. The van der Waals surface area contributed by atoms with E-state index in [2.05, 4.69) is 15.9 Å². The van der Waals surface area contributed by atoms with Crippen LogP contribution in [0.5, 0.6) is 0 Å². The molecule has 2 atom stereocenters. The number of nitrogens with zero attached hydrogens (tertiary/aromatic N) is 2. The van der Waals surface area contributed by atoms with Crippen LogP contribution in [0.4, 0.5) is 0 Å². The van der Waals surface area contributed by atoms with Crippen molar-refractivity contribution in [2.45, 2.75) is 39.1 Å². The van der Waals surface area contributed by atoms with Crippen LogP contribution in [0.2, 0.25) is 0 Å². The molecular weight excluding hydrogens is 368 g/mol.